The van der Waals surface area contributed by atoms with Gasteiger partial charge in [-0.2, -0.15) is 0 Å². The maximum absolute atomic E-state index is 13.4. The molecule has 1 atom stereocenters. The normalized spacial score (nSPS) is 11.4. The van der Waals surface area contributed by atoms with Gasteiger partial charge in [0, 0.05) is 31.3 Å². The van der Waals surface area contributed by atoms with Gasteiger partial charge in [0.25, 0.3) is 5.89 Å². The molecule has 2 aromatic carbocycles. The quantitative estimate of drug-likeness (QED) is 0.224. The molecule has 2 aromatic heterocycles. The molecular formula is C31H32N4O5. The van der Waals surface area contributed by atoms with E-state index in [0.29, 0.717) is 37.3 Å². The van der Waals surface area contributed by atoms with Gasteiger partial charge in [-0.25, -0.2) is 9.78 Å². The van der Waals surface area contributed by atoms with E-state index in [-0.39, 0.29) is 30.7 Å². The summed E-state index contributed by atoms with van der Waals surface area (Å²) < 4.78 is 10.9. The maximum Gasteiger partial charge on any atom is 0.412 e. The lowest BCUT2D eigenvalue weighted by Gasteiger charge is -2.22. The van der Waals surface area contributed by atoms with Crippen molar-refractivity contribution in [2.45, 2.75) is 38.5 Å². The fourth-order valence-corrected chi connectivity index (χ4v) is 4.11. The topological polar surface area (TPSA) is 115 Å². The van der Waals surface area contributed by atoms with Crippen molar-refractivity contribution in [2.24, 2.45) is 0 Å². The minimum absolute atomic E-state index is 0.126. The summed E-state index contributed by atoms with van der Waals surface area (Å²) >= 11 is 0. The van der Waals surface area contributed by atoms with Crippen LogP contribution in [0.3, 0.4) is 0 Å². The number of nitrogens with zero attached hydrogens (tertiary/aromatic N) is 3. The van der Waals surface area contributed by atoms with Gasteiger partial charge in [0.05, 0.1) is 12.4 Å². The number of benzene rings is 2. The third kappa shape index (κ3) is 8.10. The number of rotatable bonds is 12. The lowest BCUT2D eigenvalue weighted by Crippen LogP contribution is -2.38. The summed E-state index contributed by atoms with van der Waals surface area (Å²) in [5.74, 6) is -0.0642. The first-order valence-corrected chi connectivity index (χ1v) is 13.3. The highest BCUT2D eigenvalue weighted by Crippen LogP contribution is 2.23. The van der Waals surface area contributed by atoms with E-state index in [0.717, 1.165) is 11.1 Å². The molecule has 40 heavy (non-hydrogen) atoms. The standard InChI is InChI=1S/C31H32N4O5/c1-23(24-11-4-2-5-12-24)17-20-35(30(37)29-34-22-27(40-29)25-13-6-3-7-14-25)28(36)16-8-9-19-33-31(38)39-26-15-10-18-32-21-26/h2-7,10-15,18,21-23H,8-9,16-17,19-20H2,1H3,(H,33,38). The number of ether oxygens (including phenoxy) is 1. The van der Waals surface area contributed by atoms with Gasteiger partial charge in [0.1, 0.15) is 0 Å². The largest absolute Gasteiger partial charge is 0.432 e. The Morgan fingerprint density at radius 2 is 1.70 bits per heavy atom. The average Bonchev–Trinajstić information content (AvgIpc) is 3.49. The molecule has 2 heterocycles. The molecule has 1 N–H and O–H groups in total. The molecule has 9 heteroatoms. The van der Waals surface area contributed by atoms with Crippen LogP contribution < -0.4 is 10.1 Å². The molecule has 1 unspecified atom stereocenters. The predicted molar refractivity (Wildman–Crippen MR) is 150 cm³/mol. The van der Waals surface area contributed by atoms with Crippen molar-refractivity contribution in [3.8, 4) is 17.1 Å². The van der Waals surface area contributed by atoms with Crippen LogP contribution in [0.25, 0.3) is 11.3 Å². The maximum atomic E-state index is 13.4. The van der Waals surface area contributed by atoms with Crippen molar-refractivity contribution < 1.29 is 23.5 Å². The van der Waals surface area contributed by atoms with Crippen molar-refractivity contribution in [3.63, 3.8) is 0 Å². The monoisotopic (exact) mass is 540 g/mol. The average molecular weight is 541 g/mol. The second-order valence-electron chi connectivity index (χ2n) is 9.31. The molecule has 0 aliphatic rings. The molecule has 3 amide bonds. The lowest BCUT2D eigenvalue weighted by atomic mass is 9.97. The summed E-state index contributed by atoms with van der Waals surface area (Å²) in [7, 11) is 0. The van der Waals surface area contributed by atoms with E-state index in [2.05, 4.69) is 22.2 Å². The van der Waals surface area contributed by atoms with Gasteiger partial charge in [0.15, 0.2) is 11.5 Å². The Labute approximate surface area is 233 Å². The molecule has 4 rings (SSSR count). The van der Waals surface area contributed by atoms with Gasteiger partial charge in [0.2, 0.25) is 5.91 Å². The highest BCUT2D eigenvalue weighted by atomic mass is 16.6. The number of carbonyl (C=O) groups is 3. The van der Waals surface area contributed by atoms with E-state index in [9.17, 15) is 14.4 Å². The van der Waals surface area contributed by atoms with Crippen molar-refractivity contribution in [1.29, 1.82) is 0 Å². The number of pyridine rings is 1. The summed E-state index contributed by atoms with van der Waals surface area (Å²) in [5, 5.41) is 2.65. The second-order valence-corrected chi connectivity index (χ2v) is 9.31. The van der Waals surface area contributed by atoms with Crippen LogP contribution in [-0.2, 0) is 4.79 Å². The van der Waals surface area contributed by atoms with E-state index in [1.165, 1.54) is 17.3 Å². The highest BCUT2D eigenvalue weighted by Gasteiger charge is 2.27. The summed E-state index contributed by atoms with van der Waals surface area (Å²) in [6.07, 6.45) is 5.67. The number of carbonyl (C=O) groups excluding carboxylic acids is 3. The van der Waals surface area contributed by atoms with E-state index in [1.807, 2.05) is 60.7 Å². The molecule has 0 fully saturated rings. The lowest BCUT2D eigenvalue weighted by molar-refractivity contribution is -0.128. The summed E-state index contributed by atoms with van der Waals surface area (Å²) in [5.41, 5.74) is 1.92. The Morgan fingerprint density at radius 1 is 0.950 bits per heavy atom. The number of hydrogen-bond acceptors (Lipinski definition) is 7. The van der Waals surface area contributed by atoms with Crippen LogP contribution in [0, 0.1) is 0 Å². The summed E-state index contributed by atoms with van der Waals surface area (Å²) in [6.45, 7) is 2.62. The van der Waals surface area contributed by atoms with E-state index < -0.39 is 12.0 Å². The number of imide groups is 1. The Bertz CT molecular complexity index is 1380. The van der Waals surface area contributed by atoms with Crippen LogP contribution in [0.2, 0.25) is 0 Å². The number of oxazole rings is 1. The predicted octanol–water partition coefficient (Wildman–Crippen LogP) is 5.86. The minimum atomic E-state index is -0.593. The van der Waals surface area contributed by atoms with Crippen LogP contribution in [0.4, 0.5) is 4.79 Å². The molecule has 0 aliphatic heterocycles. The Balaban J connectivity index is 1.34. The molecular weight excluding hydrogens is 508 g/mol. The summed E-state index contributed by atoms with van der Waals surface area (Å²) in [6, 6.07) is 22.6. The molecule has 0 radical (unpaired) electrons. The first-order valence-electron chi connectivity index (χ1n) is 13.3. The number of aromatic nitrogens is 2. The molecule has 9 nitrogen and oxygen atoms in total. The molecule has 0 bridgehead atoms. The third-order valence-electron chi connectivity index (χ3n) is 6.38. The molecule has 0 aliphatic carbocycles. The fourth-order valence-electron chi connectivity index (χ4n) is 4.11. The van der Waals surface area contributed by atoms with Gasteiger partial charge in [-0.05, 0) is 42.9 Å². The van der Waals surface area contributed by atoms with Crippen molar-refractivity contribution >= 4 is 17.9 Å². The SMILES string of the molecule is CC(CCN(C(=O)CCCCNC(=O)Oc1cccnc1)C(=O)c1ncc(-c2ccccc2)o1)c1ccccc1. The fraction of sp³-hybridized carbons (Fsp3) is 0.258. The van der Waals surface area contributed by atoms with E-state index >= 15 is 0 Å². The first kappa shape index (κ1) is 28.2. The molecule has 0 saturated carbocycles. The minimum Gasteiger partial charge on any atom is -0.432 e. The van der Waals surface area contributed by atoms with E-state index in [1.54, 1.807) is 18.3 Å². The van der Waals surface area contributed by atoms with Gasteiger partial charge in [-0.1, -0.05) is 67.6 Å². The van der Waals surface area contributed by atoms with Gasteiger partial charge >= 0.3 is 12.0 Å². The van der Waals surface area contributed by atoms with Crippen LogP contribution in [-0.4, -0.2) is 45.9 Å². The van der Waals surface area contributed by atoms with Crippen LogP contribution >= 0.6 is 0 Å². The van der Waals surface area contributed by atoms with Gasteiger partial charge in [-0.15, -0.1) is 0 Å². The zero-order valence-electron chi connectivity index (χ0n) is 22.4. The van der Waals surface area contributed by atoms with E-state index in [4.69, 9.17) is 9.15 Å². The smallest absolute Gasteiger partial charge is 0.412 e. The van der Waals surface area contributed by atoms with Crippen LogP contribution in [0.15, 0.2) is 95.8 Å². The first-order chi connectivity index (χ1) is 19.5. The van der Waals surface area contributed by atoms with Crippen molar-refractivity contribution in [3.05, 3.63) is 103 Å². The zero-order chi connectivity index (χ0) is 28.2. The van der Waals surface area contributed by atoms with Crippen LogP contribution in [0.1, 0.15) is 54.8 Å². The number of nitrogens with one attached hydrogen (secondary N) is 1. The molecule has 4 aromatic rings. The highest BCUT2D eigenvalue weighted by molar-refractivity contribution is 6.02. The van der Waals surface area contributed by atoms with Crippen LogP contribution in [0.5, 0.6) is 5.75 Å². The molecule has 206 valence electrons. The van der Waals surface area contributed by atoms with Crippen molar-refractivity contribution in [2.75, 3.05) is 13.1 Å². The number of hydrogen-bond donors (Lipinski definition) is 1. The van der Waals surface area contributed by atoms with Crippen molar-refractivity contribution in [1.82, 2.24) is 20.2 Å². The molecule has 0 spiro atoms. The summed E-state index contributed by atoms with van der Waals surface area (Å²) in [4.78, 5) is 47.9. The third-order valence-corrected chi connectivity index (χ3v) is 6.38. The Kier molecular flexibility index (Phi) is 10.2. The Hall–Kier alpha value is -4.79. The second kappa shape index (κ2) is 14.4. The number of amides is 3. The Morgan fingerprint density at radius 3 is 2.42 bits per heavy atom. The van der Waals surface area contributed by atoms with Gasteiger partial charge < -0.3 is 14.5 Å². The van der Waals surface area contributed by atoms with Gasteiger partial charge in [-0.3, -0.25) is 19.5 Å². The number of unbranched alkanes of at least 4 members (excludes halogenated alkanes) is 1. The molecule has 0 saturated heterocycles. The zero-order valence-corrected chi connectivity index (χ0v) is 22.4.